The van der Waals surface area contributed by atoms with Crippen LogP contribution in [0, 0.1) is 5.82 Å². The van der Waals surface area contributed by atoms with Crippen molar-refractivity contribution < 1.29 is 23.5 Å². The first-order chi connectivity index (χ1) is 11.0. The molecule has 23 heavy (non-hydrogen) atoms. The molecule has 0 radical (unpaired) electrons. The number of carbonyl (C=O) groups excluding carboxylic acids is 2. The van der Waals surface area contributed by atoms with Crippen molar-refractivity contribution >= 4 is 39.9 Å². The lowest BCUT2D eigenvalue weighted by Crippen LogP contribution is -2.20. The summed E-state index contributed by atoms with van der Waals surface area (Å²) in [5, 5.41) is 4.58. The third-order valence-electron chi connectivity index (χ3n) is 2.60. The average Bonchev–Trinajstić information content (AvgIpc) is 2.93. The van der Waals surface area contributed by atoms with Gasteiger partial charge >= 0.3 is 5.97 Å². The summed E-state index contributed by atoms with van der Waals surface area (Å²) in [6.07, 6.45) is 0.0323. The number of esters is 1. The Hall–Kier alpha value is -2.19. The highest BCUT2D eigenvalue weighted by molar-refractivity contribution is 7.13. The lowest BCUT2D eigenvalue weighted by Gasteiger charge is -2.07. The van der Waals surface area contributed by atoms with Crippen LogP contribution in [-0.4, -0.2) is 30.6 Å². The lowest BCUT2D eigenvalue weighted by molar-refractivity contribution is -0.139. The van der Waals surface area contributed by atoms with Crippen molar-refractivity contribution in [3.8, 4) is 5.75 Å². The molecular formula is C14H12ClFN2O4S. The van der Waals surface area contributed by atoms with Crippen LogP contribution >= 0.6 is 22.9 Å². The van der Waals surface area contributed by atoms with E-state index in [0.29, 0.717) is 10.8 Å². The van der Waals surface area contributed by atoms with Crippen molar-refractivity contribution in [3.63, 3.8) is 0 Å². The van der Waals surface area contributed by atoms with Crippen LogP contribution in [0.2, 0.25) is 5.02 Å². The first-order valence-electron chi connectivity index (χ1n) is 6.37. The maximum atomic E-state index is 12.9. The van der Waals surface area contributed by atoms with E-state index in [0.717, 1.165) is 6.07 Å². The maximum Gasteiger partial charge on any atom is 0.311 e. The van der Waals surface area contributed by atoms with Crippen molar-refractivity contribution in [2.45, 2.75) is 6.42 Å². The summed E-state index contributed by atoms with van der Waals surface area (Å²) in [5.41, 5.74) is 0.500. The van der Waals surface area contributed by atoms with Gasteiger partial charge in [0.2, 0.25) is 0 Å². The van der Waals surface area contributed by atoms with Gasteiger partial charge in [-0.05, 0) is 18.2 Å². The van der Waals surface area contributed by atoms with Crippen LogP contribution in [0.5, 0.6) is 5.75 Å². The fourth-order valence-corrected chi connectivity index (χ4v) is 2.50. The second-order valence-electron chi connectivity index (χ2n) is 4.31. The average molecular weight is 359 g/mol. The Labute approximate surface area is 140 Å². The Kier molecular flexibility index (Phi) is 5.89. The van der Waals surface area contributed by atoms with E-state index in [9.17, 15) is 14.0 Å². The number of rotatable bonds is 6. The van der Waals surface area contributed by atoms with E-state index in [1.54, 1.807) is 5.38 Å². The van der Waals surface area contributed by atoms with Gasteiger partial charge in [-0.3, -0.25) is 14.9 Å². The van der Waals surface area contributed by atoms with Gasteiger partial charge in [0, 0.05) is 5.38 Å². The Bertz CT molecular complexity index is 723. The number of benzene rings is 1. The largest absolute Gasteiger partial charge is 0.482 e. The van der Waals surface area contributed by atoms with Gasteiger partial charge in [-0.1, -0.05) is 11.6 Å². The minimum absolute atomic E-state index is 0.0323. The van der Waals surface area contributed by atoms with Crippen molar-refractivity contribution in [2.75, 3.05) is 19.0 Å². The molecule has 1 amide bonds. The molecule has 0 saturated carbocycles. The molecule has 0 saturated heterocycles. The second-order valence-corrected chi connectivity index (χ2v) is 5.57. The van der Waals surface area contributed by atoms with Gasteiger partial charge in [-0.15, -0.1) is 11.3 Å². The number of methoxy groups -OCH3 is 1. The summed E-state index contributed by atoms with van der Waals surface area (Å²) in [4.78, 5) is 27.0. The fraction of sp³-hybridized carbons (Fsp3) is 0.214. The molecule has 0 aliphatic heterocycles. The van der Waals surface area contributed by atoms with E-state index >= 15 is 0 Å². The Morgan fingerprint density at radius 2 is 2.22 bits per heavy atom. The number of hydrogen-bond donors (Lipinski definition) is 1. The molecule has 9 heteroatoms. The Morgan fingerprint density at radius 3 is 2.91 bits per heavy atom. The van der Waals surface area contributed by atoms with Crippen LogP contribution in [-0.2, 0) is 20.7 Å². The minimum atomic E-state index is -0.493. The van der Waals surface area contributed by atoms with Gasteiger partial charge in [0.05, 0.1) is 24.2 Å². The first kappa shape index (κ1) is 17.2. The first-order valence-corrected chi connectivity index (χ1v) is 7.62. The van der Waals surface area contributed by atoms with E-state index in [1.165, 1.54) is 30.6 Å². The molecule has 1 aromatic heterocycles. The number of carbonyl (C=O) groups is 2. The Balaban J connectivity index is 1.86. The number of anilines is 1. The van der Waals surface area contributed by atoms with E-state index in [1.807, 2.05) is 0 Å². The molecule has 0 aliphatic carbocycles. The number of thiazole rings is 1. The van der Waals surface area contributed by atoms with Crippen LogP contribution in [0.4, 0.5) is 9.52 Å². The minimum Gasteiger partial charge on any atom is -0.482 e. The molecule has 1 N–H and O–H groups in total. The smallest absolute Gasteiger partial charge is 0.311 e. The highest BCUT2D eigenvalue weighted by atomic mass is 35.5. The summed E-state index contributed by atoms with van der Waals surface area (Å²) in [7, 11) is 1.29. The zero-order valence-corrected chi connectivity index (χ0v) is 13.5. The predicted octanol–water partition coefficient (Wildman–Crippen LogP) is 2.67. The maximum absolute atomic E-state index is 12.9. The molecule has 0 atom stereocenters. The number of ether oxygens (including phenoxy) is 2. The van der Waals surface area contributed by atoms with Crippen LogP contribution in [0.25, 0.3) is 0 Å². The topological polar surface area (TPSA) is 77.5 Å². The molecule has 0 bridgehead atoms. The van der Waals surface area contributed by atoms with E-state index < -0.39 is 17.7 Å². The number of amides is 1. The summed E-state index contributed by atoms with van der Waals surface area (Å²) >= 11 is 6.96. The fourth-order valence-electron chi connectivity index (χ4n) is 1.56. The molecule has 122 valence electrons. The second kappa shape index (κ2) is 7.89. The van der Waals surface area contributed by atoms with Gasteiger partial charge in [-0.25, -0.2) is 9.37 Å². The number of aromatic nitrogens is 1. The monoisotopic (exact) mass is 358 g/mol. The molecule has 2 aromatic rings. The quantitative estimate of drug-likeness (QED) is 0.803. The number of halogens is 2. The molecule has 2 rings (SSSR count). The molecule has 1 aromatic carbocycles. The molecule has 0 spiro atoms. The van der Waals surface area contributed by atoms with Crippen LogP contribution in [0.15, 0.2) is 23.6 Å². The van der Waals surface area contributed by atoms with E-state index in [-0.39, 0.29) is 23.8 Å². The summed E-state index contributed by atoms with van der Waals surface area (Å²) in [5.74, 6) is -1.16. The molecule has 0 aliphatic rings. The van der Waals surface area contributed by atoms with Crippen LogP contribution < -0.4 is 10.1 Å². The van der Waals surface area contributed by atoms with Crippen molar-refractivity contribution in [1.29, 1.82) is 0 Å². The van der Waals surface area contributed by atoms with Crippen molar-refractivity contribution in [1.82, 2.24) is 4.98 Å². The van der Waals surface area contributed by atoms with E-state index in [2.05, 4.69) is 15.0 Å². The normalized spacial score (nSPS) is 10.2. The van der Waals surface area contributed by atoms with Gasteiger partial charge in [0.25, 0.3) is 5.91 Å². The zero-order valence-electron chi connectivity index (χ0n) is 12.0. The lowest BCUT2D eigenvalue weighted by atomic mass is 10.3. The zero-order chi connectivity index (χ0) is 16.8. The summed E-state index contributed by atoms with van der Waals surface area (Å²) in [6, 6.07) is 3.61. The van der Waals surface area contributed by atoms with Gasteiger partial charge in [-0.2, -0.15) is 0 Å². The molecular weight excluding hydrogens is 347 g/mol. The molecule has 1 heterocycles. The van der Waals surface area contributed by atoms with Crippen molar-refractivity contribution in [3.05, 3.63) is 40.1 Å². The number of hydrogen-bond acceptors (Lipinski definition) is 6. The van der Waals surface area contributed by atoms with Gasteiger partial charge in [0.15, 0.2) is 11.7 Å². The molecule has 6 nitrogen and oxygen atoms in total. The number of nitrogens with one attached hydrogen (secondary N) is 1. The SMILES string of the molecule is COC(=O)Cc1csc(NC(=O)COc2ccc(F)cc2Cl)n1. The summed E-state index contributed by atoms with van der Waals surface area (Å²) < 4.78 is 22.6. The van der Waals surface area contributed by atoms with Crippen LogP contribution in [0.3, 0.4) is 0 Å². The van der Waals surface area contributed by atoms with Crippen molar-refractivity contribution in [2.24, 2.45) is 0 Å². The van der Waals surface area contributed by atoms with E-state index in [4.69, 9.17) is 16.3 Å². The standard InChI is InChI=1S/C14H12ClFN2O4S/c1-21-13(20)5-9-7-23-14(17-9)18-12(19)6-22-11-3-2-8(16)4-10(11)15/h2-4,7H,5-6H2,1H3,(H,17,18,19). The Morgan fingerprint density at radius 1 is 1.43 bits per heavy atom. The third kappa shape index (κ3) is 5.19. The highest BCUT2D eigenvalue weighted by Gasteiger charge is 2.11. The summed E-state index contributed by atoms with van der Waals surface area (Å²) in [6.45, 7) is -0.308. The third-order valence-corrected chi connectivity index (χ3v) is 3.71. The molecule has 0 unspecified atom stereocenters. The predicted molar refractivity (Wildman–Crippen MR) is 83.4 cm³/mol. The van der Waals surface area contributed by atoms with Gasteiger partial charge in [0.1, 0.15) is 11.6 Å². The number of nitrogens with zero attached hydrogens (tertiary/aromatic N) is 1. The van der Waals surface area contributed by atoms with Gasteiger partial charge < -0.3 is 9.47 Å². The highest BCUT2D eigenvalue weighted by Crippen LogP contribution is 2.24. The van der Waals surface area contributed by atoms with Crippen LogP contribution in [0.1, 0.15) is 5.69 Å². The molecule has 0 fully saturated rings.